The number of halogens is 6. The SMILES string of the molecule is COC(=O)c1cc(C2=NOC(c3cc(Cl)cc(Cl)c3)(C(F)(F)F)C2)ccc1CBr. The number of carbonyl (C=O) groups is 1. The van der Waals surface area contributed by atoms with E-state index in [9.17, 15) is 18.0 Å². The summed E-state index contributed by atoms with van der Waals surface area (Å²) in [7, 11) is 1.22. The van der Waals surface area contributed by atoms with E-state index in [1.807, 2.05) is 0 Å². The van der Waals surface area contributed by atoms with Crippen LogP contribution in [0.1, 0.15) is 33.5 Å². The van der Waals surface area contributed by atoms with Crippen LogP contribution in [-0.2, 0) is 20.5 Å². The Kier molecular flexibility index (Phi) is 6.17. The van der Waals surface area contributed by atoms with Crippen LogP contribution in [0.25, 0.3) is 0 Å². The largest absolute Gasteiger partial charge is 0.465 e. The van der Waals surface area contributed by atoms with Crippen LogP contribution in [0.3, 0.4) is 0 Å². The van der Waals surface area contributed by atoms with Gasteiger partial charge in [-0.2, -0.15) is 13.2 Å². The van der Waals surface area contributed by atoms with Gasteiger partial charge in [0.25, 0.3) is 5.60 Å². The lowest BCUT2D eigenvalue weighted by atomic mass is 9.86. The molecule has 154 valence electrons. The van der Waals surface area contributed by atoms with Crippen molar-refractivity contribution in [1.82, 2.24) is 0 Å². The minimum Gasteiger partial charge on any atom is -0.465 e. The monoisotopic (exact) mass is 509 g/mol. The highest BCUT2D eigenvalue weighted by Crippen LogP contribution is 2.49. The molecule has 0 spiro atoms. The van der Waals surface area contributed by atoms with Crippen molar-refractivity contribution in [3.8, 4) is 0 Å². The number of esters is 1. The van der Waals surface area contributed by atoms with Crippen molar-refractivity contribution in [2.75, 3.05) is 7.11 Å². The summed E-state index contributed by atoms with van der Waals surface area (Å²) >= 11 is 15.1. The van der Waals surface area contributed by atoms with Gasteiger partial charge in [0, 0.05) is 32.9 Å². The molecule has 0 saturated heterocycles. The summed E-state index contributed by atoms with van der Waals surface area (Å²) in [6, 6.07) is 8.24. The minimum atomic E-state index is -4.80. The average Bonchev–Trinajstić information content (AvgIpc) is 3.13. The molecule has 29 heavy (non-hydrogen) atoms. The molecule has 0 saturated carbocycles. The molecule has 0 fully saturated rings. The highest BCUT2D eigenvalue weighted by molar-refractivity contribution is 9.08. The van der Waals surface area contributed by atoms with E-state index in [-0.39, 0.29) is 26.9 Å². The number of ether oxygens (including phenoxy) is 1. The molecule has 10 heteroatoms. The van der Waals surface area contributed by atoms with Crippen LogP contribution in [0, 0.1) is 0 Å². The molecule has 1 aliphatic rings. The predicted molar refractivity (Wildman–Crippen MR) is 107 cm³/mol. The first-order chi connectivity index (χ1) is 13.6. The zero-order valence-corrected chi connectivity index (χ0v) is 17.9. The van der Waals surface area contributed by atoms with Crippen molar-refractivity contribution >= 4 is 50.8 Å². The van der Waals surface area contributed by atoms with Gasteiger partial charge in [0.2, 0.25) is 0 Å². The first-order valence-electron chi connectivity index (χ1n) is 8.17. The second kappa shape index (κ2) is 8.16. The number of nitrogens with zero attached hydrogens (tertiary/aromatic N) is 1. The Labute approximate surface area is 182 Å². The lowest BCUT2D eigenvalue weighted by Crippen LogP contribution is -2.42. The molecule has 2 aromatic carbocycles. The van der Waals surface area contributed by atoms with E-state index < -0.39 is 24.2 Å². The molecule has 0 radical (unpaired) electrons. The van der Waals surface area contributed by atoms with E-state index in [0.29, 0.717) is 16.5 Å². The molecule has 0 aromatic heterocycles. The second-order valence-electron chi connectivity index (χ2n) is 6.29. The Bertz CT molecular complexity index is 977. The molecular formula is C19H13BrCl2F3NO3. The van der Waals surface area contributed by atoms with E-state index in [0.717, 1.165) is 12.1 Å². The number of rotatable bonds is 4. The first-order valence-corrected chi connectivity index (χ1v) is 10.0. The van der Waals surface area contributed by atoms with Gasteiger partial charge < -0.3 is 9.57 Å². The maximum Gasteiger partial charge on any atom is 0.435 e. The topological polar surface area (TPSA) is 47.9 Å². The number of benzene rings is 2. The van der Waals surface area contributed by atoms with E-state index in [2.05, 4.69) is 21.1 Å². The number of carbonyl (C=O) groups excluding carboxylic acids is 1. The Balaban J connectivity index is 2.04. The lowest BCUT2D eigenvalue weighted by Gasteiger charge is -2.29. The van der Waals surface area contributed by atoms with Gasteiger partial charge in [0.1, 0.15) is 0 Å². The zero-order chi connectivity index (χ0) is 21.4. The van der Waals surface area contributed by atoms with Gasteiger partial charge in [0.15, 0.2) is 0 Å². The Hall–Kier alpha value is -1.77. The molecule has 0 aliphatic carbocycles. The highest BCUT2D eigenvalue weighted by atomic mass is 79.9. The van der Waals surface area contributed by atoms with Gasteiger partial charge in [-0.15, -0.1) is 0 Å². The quantitative estimate of drug-likeness (QED) is 0.360. The molecule has 2 aromatic rings. The number of alkyl halides is 4. The molecule has 0 bridgehead atoms. The molecule has 3 rings (SSSR count). The molecular weight excluding hydrogens is 498 g/mol. The maximum absolute atomic E-state index is 14.1. The third-order valence-corrected chi connectivity index (χ3v) is 5.55. The van der Waals surface area contributed by atoms with E-state index in [4.69, 9.17) is 32.8 Å². The van der Waals surface area contributed by atoms with Crippen LogP contribution in [-0.4, -0.2) is 25.0 Å². The molecule has 1 aliphatic heterocycles. The van der Waals surface area contributed by atoms with Crippen molar-refractivity contribution in [1.29, 1.82) is 0 Å². The van der Waals surface area contributed by atoms with Crippen LogP contribution in [0.2, 0.25) is 10.0 Å². The lowest BCUT2D eigenvalue weighted by molar-refractivity contribution is -0.275. The summed E-state index contributed by atoms with van der Waals surface area (Å²) in [5, 5.41) is 4.15. The summed E-state index contributed by atoms with van der Waals surface area (Å²) in [6.07, 6.45) is -5.41. The summed E-state index contributed by atoms with van der Waals surface area (Å²) < 4.78 is 47.0. The van der Waals surface area contributed by atoms with Crippen molar-refractivity contribution in [3.05, 3.63) is 68.7 Å². The van der Waals surface area contributed by atoms with Crippen LogP contribution in [0.4, 0.5) is 13.2 Å². The molecule has 0 N–H and O–H groups in total. The molecule has 1 atom stereocenters. The van der Waals surface area contributed by atoms with E-state index >= 15 is 0 Å². The van der Waals surface area contributed by atoms with Crippen molar-refractivity contribution in [2.24, 2.45) is 5.16 Å². The predicted octanol–water partition coefficient (Wildman–Crippen LogP) is 6.26. The molecule has 0 amide bonds. The first kappa shape index (κ1) is 21.9. The average molecular weight is 511 g/mol. The fourth-order valence-electron chi connectivity index (χ4n) is 3.02. The van der Waals surface area contributed by atoms with Crippen molar-refractivity contribution in [2.45, 2.75) is 23.5 Å². The smallest absolute Gasteiger partial charge is 0.435 e. The normalized spacial score (nSPS) is 18.9. The van der Waals surface area contributed by atoms with Crippen LogP contribution >= 0.6 is 39.1 Å². The summed E-state index contributed by atoms with van der Waals surface area (Å²) in [5.41, 5.74) is -1.80. The van der Waals surface area contributed by atoms with Gasteiger partial charge in [-0.05, 0) is 29.8 Å². The van der Waals surface area contributed by atoms with Gasteiger partial charge in [0.05, 0.1) is 18.4 Å². The molecule has 1 heterocycles. The minimum absolute atomic E-state index is 0.0321. The fourth-order valence-corrected chi connectivity index (χ4v) is 4.03. The summed E-state index contributed by atoms with van der Waals surface area (Å²) in [5.74, 6) is -0.607. The van der Waals surface area contributed by atoms with Gasteiger partial charge in [-0.3, -0.25) is 0 Å². The summed E-state index contributed by atoms with van der Waals surface area (Å²) in [6.45, 7) is 0. The number of methoxy groups -OCH3 is 1. The standard InChI is InChI=1S/C19H13BrCl2F3NO3/c1-28-17(27)15-4-10(2-3-11(15)9-20)16-8-18(29-26-16,19(23,24)25)12-5-13(21)7-14(22)6-12/h2-7H,8-9H2,1H3. The second-order valence-corrected chi connectivity index (χ2v) is 7.72. The van der Waals surface area contributed by atoms with Gasteiger partial charge >= 0.3 is 12.1 Å². The zero-order valence-electron chi connectivity index (χ0n) is 14.8. The van der Waals surface area contributed by atoms with Crippen molar-refractivity contribution < 1.29 is 27.5 Å². The van der Waals surface area contributed by atoms with Gasteiger partial charge in [-0.1, -0.05) is 56.4 Å². The van der Waals surface area contributed by atoms with Gasteiger partial charge in [-0.25, -0.2) is 4.79 Å². The number of hydrogen-bond acceptors (Lipinski definition) is 4. The van der Waals surface area contributed by atoms with Crippen LogP contribution in [0.15, 0.2) is 41.6 Å². The fraction of sp³-hybridized carbons (Fsp3) is 0.263. The third-order valence-electron chi connectivity index (χ3n) is 4.51. The van der Waals surface area contributed by atoms with E-state index in [1.54, 1.807) is 12.1 Å². The van der Waals surface area contributed by atoms with Crippen LogP contribution in [0.5, 0.6) is 0 Å². The Morgan fingerprint density at radius 1 is 1.24 bits per heavy atom. The number of oxime groups is 1. The third kappa shape index (κ3) is 4.11. The van der Waals surface area contributed by atoms with E-state index in [1.165, 1.54) is 19.2 Å². The Morgan fingerprint density at radius 2 is 1.90 bits per heavy atom. The highest BCUT2D eigenvalue weighted by Gasteiger charge is 2.62. The molecule has 1 unspecified atom stereocenters. The number of hydrogen-bond donors (Lipinski definition) is 0. The summed E-state index contributed by atoms with van der Waals surface area (Å²) in [4.78, 5) is 17.0. The Morgan fingerprint density at radius 3 is 2.45 bits per heavy atom. The maximum atomic E-state index is 14.1. The molecule has 4 nitrogen and oxygen atoms in total. The van der Waals surface area contributed by atoms with Crippen molar-refractivity contribution in [3.63, 3.8) is 0 Å². The van der Waals surface area contributed by atoms with Crippen LogP contribution < -0.4 is 0 Å².